The number of carbonyl (C=O) groups is 3. The monoisotopic (exact) mass is 330 g/mol. The van der Waals surface area contributed by atoms with Crippen LogP contribution in [0.1, 0.15) is 54.9 Å². The van der Waals surface area contributed by atoms with E-state index < -0.39 is 35.7 Å². The van der Waals surface area contributed by atoms with Crippen LogP contribution in [0.4, 0.5) is 4.79 Å². The largest absolute Gasteiger partial charge is 0.464 e. The molecular formula is C16H30N2O5. The topological polar surface area (TPSA) is 93.7 Å². The Kier molecular flexibility index (Phi) is 8.64. The molecule has 0 saturated heterocycles. The van der Waals surface area contributed by atoms with Gasteiger partial charge in [0.05, 0.1) is 6.61 Å². The molecule has 0 fully saturated rings. The van der Waals surface area contributed by atoms with Crippen molar-refractivity contribution in [3.63, 3.8) is 0 Å². The maximum Gasteiger partial charge on any atom is 0.408 e. The SMILES string of the molecule is CCOC(=O)[C@H](C)NC(=O)[C@H](CC(C)C)NC(=O)OC(C)(C)C. The lowest BCUT2D eigenvalue weighted by atomic mass is 10.0. The Bertz CT molecular complexity index is 415. The molecule has 0 aliphatic heterocycles. The molecule has 0 unspecified atom stereocenters. The van der Waals surface area contributed by atoms with Crippen molar-refractivity contribution >= 4 is 18.0 Å². The van der Waals surface area contributed by atoms with E-state index in [-0.39, 0.29) is 12.5 Å². The van der Waals surface area contributed by atoms with Gasteiger partial charge in [-0.2, -0.15) is 0 Å². The number of amides is 2. The maximum absolute atomic E-state index is 12.3. The fourth-order valence-electron chi connectivity index (χ4n) is 1.79. The molecule has 0 bridgehead atoms. The number of hydrogen-bond acceptors (Lipinski definition) is 5. The third-order valence-corrected chi connectivity index (χ3v) is 2.71. The van der Waals surface area contributed by atoms with E-state index >= 15 is 0 Å². The predicted octanol–water partition coefficient (Wildman–Crippen LogP) is 1.99. The van der Waals surface area contributed by atoms with Crippen molar-refractivity contribution < 1.29 is 23.9 Å². The summed E-state index contributed by atoms with van der Waals surface area (Å²) < 4.78 is 10.0. The Hall–Kier alpha value is -1.79. The third-order valence-electron chi connectivity index (χ3n) is 2.71. The van der Waals surface area contributed by atoms with E-state index in [1.807, 2.05) is 13.8 Å². The van der Waals surface area contributed by atoms with Crippen molar-refractivity contribution in [2.75, 3.05) is 6.61 Å². The molecule has 0 heterocycles. The predicted molar refractivity (Wildman–Crippen MR) is 86.9 cm³/mol. The van der Waals surface area contributed by atoms with Crippen molar-refractivity contribution in [1.82, 2.24) is 10.6 Å². The second kappa shape index (κ2) is 9.37. The first kappa shape index (κ1) is 21.2. The number of hydrogen-bond donors (Lipinski definition) is 2. The van der Waals surface area contributed by atoms with Crippen LogP contribution >= 0.6 is 0 Å². The lowest BCUT2D eigenvalue weighted by Crippen LogP contribution is -2.52. The Morgan fingerprint density at radius 3 is 2.04 bits per heavy atom. The molecule has 2 N–H and O–H groups in total. The highest BCUT2D eigenvalue weighted by molar-refractivity contribution is 5.89. The van der Waals surface area contributed by atoms with Crippen LogP contribution in [0, 0.1) is 5.92 Å². The summed E-state index contributed by atoms with van der Waals surface area (Å²) in [7, 11) is 0. The summed E-state index contributed by atoms with van der Waals surface area (Å²) in [5.74, 6) is -0.773. The van der Waals surface area contributed by atoms with Crippen LogP contribution in [0.5, 0.6) is 0 Å². The Morgan fingerprint density at radius 1 is 1.04 bits per heavy atom. The highest BCUT2D eigenvalue weighted by Gasteiger charge is 2.27. The normalized spacial score (nSPS) is 13.9. The van der Waals surface area contributed by atoms with E-state index in [0.717, 1.165) is 0 Å². The average molecular weight is 330 g/mol. The maximum atomic E-state index is 12.3. The van der Waals surface area contributed by atoms with Crippen molar-refractivity contribution in [3.05, 3.63) is 0 Å². The molecule has 7 nitrogen and oxygen atoms in total. The van der Waals surface area contributed by atoms with Gasteiger partial charge in [-0.25, -0.2) is 9.59 Å². The van der Waals surface area contributed by atoms with Crippen LogP contribution in [-0.2, 0) is 19.1 Å². The van der Waals surface area contributed by atoms with Crippen LogP contribution in [0.3, 0.4) is 0 Å². The van der Waals surface area contributed by atoms with Crippen LogP contribution in [-0.4, -0.2) is 42.3 Å². The second-order valence-electron chi connectivity index (χ2n) is 6.81. The summed E-state index contributed by atoms with van der Waals surface area (Å²) in [5, 5.41) is 5.11. The molecule has 0 aliphatic carbocycles. The standard InChI is InChI=1S/C16H30N2O5/c1-8-22-14(20)11(4)17-13(19)12(9-10(2)3)18-15(21)23-16(5,6)7/h10-12H,8-9H2,1-7H3,(H,17,19)(H,18,21)/t11-,12-/m0/s1. The Labute approximate surface area is 138 Å². The minimum Gasteiger partial charge on any atom is -0.464 e. The number of esters is 1. The summed E-state index contributed by atoms with van der Waals surface area (Å²) in [6, 6.07) is -1.56. The Morgan fingerprint density at radius 2 is 1.61 bits per heavy atom. The fourth-order valence-corrected chi connectivity index (χ4v) is 1.79. The molecule has 134 valence electrons. The first-order valence-corrected chi connectivity index (χ1v) is 7.92. The molecule has 23 heavy (non-hydrogen) atoms. The van der Waals surface area contributed by atoms with Gasteiger partial charge in [-0.15, -0.1) is 0 Å². The molecule has 2 atom stereocenters. The Balaban J connectivity index is 4.79. The fraction of sp³-hybridized carbons (Fsp3) is 0.812. The van der Waals surface area contributed by atoms with E-state index in [1.165, 1.54) is 6.92 Å². The van der Waals surface area contributed by atoms with Crippen LogP contribution in [0.25, 0.3) is 0 Å². The summed E-state index contributed by atoms with van der Waals surface area (Å²) in [6.07, 6.45) is -0.234. The van der Waals surface area contributed by atoms with Crippen molar-refractivity contribution in [2.45, 2.75) is 72.6 Å². The van der Waals surface area contributed by atoms with Gasteiger partial charge in [-0.05, 0) is 47.0 Å². The first-order valence-electron chi connectivity index (χ1n) is 7.92. The molecule has 0 spiro atoms. The molecule has 0 saturated carbocycles. The summed E-state index contributed by atoms with van der Waals surface area (Å²) in [6.45, 7) is 12.6. The minimum atomic E-state index is -0.780. The highest BCUT2D eigenvalue weighted by atomic mass is 16.6. The lowest BCUT2D eigenvalue weighted by molar-refractivity contribution is -0.147. The molecule has 0 aromatic carbocycles. The van der Waals surface area contributed by atoms with Crippen molar-refractivity contribution in [2.24, 2.45) is 5.92 Å². The quantitative estimate of drug-likeness (QED) is 0.696. The van der Waals surface area contributed by atoms with E-state index in [4.69, 9.17) is 9.47 Å². The number of nitrogens with one attached hydrogen (secondary N) is 2. The first-order chi connectivity index (χ1) is 10.5. The summed E-state index contributed by atoms with van der Waals surface area (Å²) >= 11 is 0. The molecule has 0 aromatic rings. The van der Waals surface area contributed by atoms with Crippen molar-refractivity contribution in [3.8, 4) is 0 Å². The van der Waals surface area contributed by atoms with Gasteiger partial charge in [-0.1, -0.05) is 13.8 Å². The molecular weight excluding hydrogens is 300 g/mol. The van der Waals surface area contributed by atoms with E-state index in [2.05, 4.69) is 10.6 Å². The number of alkyl carbamates (subject to hydrolysis) is 1. The molecule has 0 rings (SSSR count). The zero-order valence-electron chi connectivity index (χ0n) is 15.2. The summed E-state index contributed by atoms with van der Waals surface area (Å²) in [5.41, 5.74) is -0.652. The van der Waals surface area contributed by atoms with E-state index in [9.17, 15) is 14.4 Å². The van der Waals surface area contributed by atoms with Crippen molar-refractivity contribution in [1.29, 1.82) is 0 Å². The number of rotatable bonds is 7. The molecule has 0 aromatic heterocycles. The van der Waals surface area contributed by atoms with Gasteiger partial charge in [0.25, 0.3) is 0 Å². The zero-order chi connectivity index (χ0) is 18.2. The number of ether oxygens (including phenoxy) is 2. The van der Waals surface area contributed by atoms with Crippen LogP contribution in [0.2, 0.25) is 0 Å². The van der Waals surface area contributed by atoms with Gasteiger partial charge in [0.15, 0.2) is 0 Å². The van der Waals surface area contributed by atoms with E-state index in [0.29, 0.717) is 6.42 Å². The molecule has 0 aliphatic rings. The smallest absolute Gasteiger partial charge is 0.408 e. The summed E-state index contributed by atoms with van der Waals surface area (Å²) in [4.78, 5) is 35.8. The average Bonchev–Trinajstić information content (AvgIpc) is 2.35. The van der Waals surface area contributed by atoms with Crippen LogP contribution in [0.15, 0.2) is 0 Å². The van der Waals surface area contributed by atoms with Gasteiger partial charge < -0.3 is 20.1 Å². The van der Waals surface area contributed by atoms with Crippen LogP contribution < -0.4 is 10.6 Å². The van der Waals surface area contributed by atoms with E-state index in [1.54, 1.807) is 27.7 Å². The second-order valence-corrected chi connectivity index (χ2v) is 6.81. The zero-order valence-corrected chi connectivity index (χ0v) is 15.2. The van der Waals surface area contributed by atoms with Gasteiger partial charge >= 0.3 is 12.1 Å². The molecule has 2 amide bonds. The third kappa shape index (κ3) is 9.76. The highest BCUT2D eigenvalue weighted by Crippen LogP contribution is 2.10. The minimum absolute atomic E-state index is 0.179. The van der Waals surface area contributed by atoms with Gasteiger partial charge in [0.1, 0.15) is 17.7 Å². The number of carbonyl (C=O) groups excluding carboxylic acids is 3. The molecule has 0 radical (unpaired) electrons. The lowest BCUT2D eigenvalue weighted by Gasteiger charge is -2.25. The van der Waals surface area contributed by atoms with Gasteiger partial charge in [0, 0.05) is 0 Å². The molecule has 7 heteroatoms. The van der Waals surface area contributed by atoms with Gasteiger partial charge in [-0.3, -0.25) is 4.79 Å². The van der Waals surface area contributed by atoms with Gasteiger partial charge in [0.2, 0.25) is 5.91 Å².